The minimum atomic E-state index is -0.435. The van der Waals surface area contributed by atoms with Crippen LogP contribution in [-0.4, -0.2) is 29.2 Å². The molecule has 2 aliphatic rings. The molecule has 0 aromatic heterocycles. The molecule has 1 saturated carbocycles. The summed E-state index contributed by atoms with van der Waals surface area (Å²) in [6.07, 6.45) is 0.628. The number of carbonyl (C=O) groups excluding carboxylic acids is 3. The van der Waals surface area contributed by atoms with Crippen molar-refractivity contribution >= 4 is 40.7 Å². The van der Waals surface area contributed by atoms with Gasteiger partial charge in [0.15, 0.2) is 0 Å². The number of benzene rings is 1. The Morgan fingerprint density at radius 2 is 2.00 bits per heavy atom. The average molecular weight is 294 g/mol. The van der Waals surface area contributed by atoms with Crippen LogP contribution in [0.5, 0.6) is 0 Å². The number of piperidine rings is 1. The Bertz CT molecular complexity index is 611. The molecular weight excluding hydrogens is 282 g/mol. The van der Waals surface area contributed by atoms with E-state index in [4.69, 9.17) is 17.3 Å². The minimum Gasteiger partial charge on any atom is -0.397 e. The SMILES string of the molecule is Nc1cc(NC(=O)CN2C(=O)C3CC3C2=O)ccc1Cl. The number of nitrogen functional groups attached to an aromatic ring is 1. The highest BCUT2D eigenvalue weighted by Crippen LogP contribution is 2.46. The Labute approximate surface area is 119 Å². The molecular formula is C13H12ClN3O3. The third-order valence-electron chi connectivity index (χ3n) is 3.54. The summed E-state index contributed by atoms with van der Waals surface area (Å²) < 4.78 is 0. The largest absolute Gasteiger partial charge is 0.397 e. The number of nitrogens with zero attached hydrogens (tertiary/aromatic N) is 1. The number of hydrogen-bond donors (Lipinski definition) is 2. The van der Waals surface area contributed by atoms with E-state index in [2.05, 4.69) is 5.32 Å². The Morgan fingerprint density at radius 1 is 1.35 bits per heavy atom. The molecule has 3 N–H and O–H groups in total. The number of halogens is 1. The first-order chi connectivity index (χ1) is 9.47. The maximum absolute atomic E-state index is 11.8. The first-order valence-electron chi connectivity index (χ1n) is 6.17. The summed E-state index contributed by atoms with van der Waals surface area (Å²) in [5.74, 6) is -1.31. The van der Waals surface area contributed by atoms with Gasteiger partial charge in [-0.05, 0) is 24.6 Å². The summed E-state index contributed by atoms with van der Waals surface area (Å²) >= 11 is 5.78. The van der Waals surface area contributed by atoms with Crippen molar-refractivity contribution in [2.75, 3.05) is 17.6 Å². The van der Waals surface area contributed by atoms with Crippen molar-refractivity contribution in [3.05, 3.63) is 23.2 Å². The molecule has 3 amide bonds. The normalized spacial score (nSPS) is 23.8. The van der Waals surface area contributed by atoms with Crippen LogP contribution in [0.1, 0.15) is 6.42 Å². The molecule has 0 radical (unpaired) electrons. The second kappa shape index (κ2) is 4.49. The fourth-order valence-electron chi connectivity index (χ4n) is 2.37. The predicted octanol–water partition coefficient (Wildman–Crippen LogP) is 0.866. The van der Waals surface area contributed by atoms with Crippen molar-refractivity contribution in [1.29, 1.82) is 0 Å². The highest BCUT2D eigenvalue weighted by atomic mass is 35.5. The molecule has 1 saturated heterocycles. The Balaban J connectivity index is 1.64. The van der Waals surface area contributed by atoms with Crippen LogP contribution in [0, 0.1) is 11.8 Å². The van der Waals surface area contributed by atoms with E-state index in [-0.39, 0.29) is 30.2 Å². The number of nitrogens with one attached hydrogen (secondary N) is 1. The predicted molar refractivity (Wildman–Crippen MR) is 72.8 cm³/mol. The number of imide groups is 1. The Hall–Kier alpha value is -2.08. The van der Waals surface area contributed by atoms with Crippen LogP contribution in [-0.2, 0) is 14.4 Å². The molecule has 6 nitrogen and oxygen atoms in total. The number of fused-ring (bicyclic) bond motifs is 1. The van der Waals surface area contributed by atoms with Crippen LogP contribution in [0.15, 0.2) is 18.2 Å². The second-order valence-electron chi connectivity index (χ2n) is 5.00. The van der Waals surface area contributed by atoms with E-state index in [9.17, 15) is 14.4 Å². The quantitative estimate of drug-likeness (QED) is 0.639. The minimum absolute atomic E-state index is 0.193. The topological polar surface area (TPSA) is 92.5 Å². The zero-order chi connectivity index (χ0) is 14.4. The molecule has 1 aromatic carbocycles. The van der Waals surface area contributed by atoms with Gasteiger partial charge in [0.05, 0.1) is 22.5 Å². The van der Waals surface area contributed by atoms with Crippen molar-refractivity contribution in [1.82, 2.24) is 4.90 Å². The van der Waals surface area contributed by atoms with Gasteiger partial charge in [-0.3, -0.25) is 19.3 Å². The van der Waals surface area contributed by atoms with E-state index in [1.165, 1.54) is 6.07 Å². The van der Waals surface area contributed by atoms with E-state index in [1.807, 2.05) is 0 Å². The highest BCUT2D eigenvalue weighted by molar-refractivity contribution is 6.33. The first kappa shape index (κ1) is 12.9. The van der Waals surface area contributed by atoms with Crippen LogP contribution >= 0.6 is 11.6 Å². The van der Waals surface area contributed by atoms with Gasteiger partial charge in [-0.2, -0.15) is 0 Å². The third-order valence-corrected chi connectivity index (χ3v) is 3.88. The molecule has 20 heavy (non-hydrogen) atoms. The summed E-state index contributed by atoms with van der Waals surface area (Å²) in [4.78, 5) is 36.3. The first-order valence-corrected chi connectivity index (χ1v) is 6.55. The van der Waals surface area contributed by atoms with Crippen molar-refractivity contribution < 1.29 is 14.4 Å². The molecule has 1 aliphatic carbocycles. The molecule has 1 heterocycles. The molecule has 2 unspecified atom stereocenters. The number of carbonyl (C=O) groups is 3. The van der Waals surface area contributed by atoms with Crippen molar-refractivity contribution in [2.24, 2.45) is 11.8 Å². The molecule has 1 aromatic rings. The van der Waals surface area contributed by atoms with E-state index in [0.29, 0.717) is 22.8 Å². The number of anilines is 2. The van der Waals surface area contributed by atoms with Crippen LogP contribution in [0.25, 0.3) is 0 Å². The third kappa shape index (κ3) is 2.12. The van der Waals surface area contributed by atoms with Gasteiger partial charge in [0.25, 0.3) is 0 Å². The van der Waals surface area contributed by atoms with Crippen molar-refractivity contribution in [2.45, 2.75) is 6.42 Å². The zero-order valence-corrected chi connectivity index (χ0v) is 11.2. The molecule has 0 spiro atoms. The number of rotatable bonds is 3. The summed E-state index contributed by atoms with van der Waals surface area (Å²) in [6.45, 7) is -0.257. The Morgan fingerprint density at radius 3 is 2.60 bits per heavy atom. The van der Waals surface area contributed by atoms with Gasteiger partial charge >= 0.3 is 0 Å². The van der Waals surface area contributed by atoms with Gasteiger partial charge in [-0.15, -0.1) is 0 Å². The van der Waals surface area contributed by atoms with Crippen LogP contribution in [0.3, 0.4) is 0 Å². The maximum Gasteiger partial charge on any atom is 0.244 e. The number of nitrogens with two attached hydrogens (primary N) is 1. The van der Waals surface area contributed by atoms with E-state index >= 15 is 0 Å². The van der Waals surface area contributed by atoms with Gasteiger partial charge in [0.1, 0.15) is 6.54 Å². The lowest BCUT2D eigenvalue weighted by Crippen LogP contribution is -2.39. The van der Waals surface area contributed by atoms with Gasteiger partial charge in [-0.1, -0.05) is 11.6 Å². The smallest absolute Gasteiger partial charge is 0.244 e. The van der Waals surface area contributed by atoms with Crippen LogP contribution in [0.4, 0.5) is 11.4 Å². The monoisotopic (exact) mass is 293 g/mol. The molecule has 1 aliphatic heterocycles. The van der Waals surface area contributed by atoms with Crippen LogP contribution in [0.2, 0.25) is 5.02 Å². The van der Waals surface area contributed by atoms with E-state index < -0.39 is 5.91 Å². The van der Waals surface area contributed by atoms with Crippen LogP contribution < -0.4 is 11.1 Å². The fraction of sp³-hybridized carbons (Fsp3) is 0.308. The molecule has 2 fully saturated rings. The number of amides is 3. The van der Waals surface area contributed by atoms with Gasteiger partial charge in [0.2, 0.25) is 17.7 Å². The zero-order valence-electron chi connectivity index (χ0n) is 10.4. The summed E-state index contributed by atoms with van der Waals surface area (Å²) in [7, 11) is 0. The van der Waals surface area contributed by atoms with Gasteiger partial charge in [-0.25, -0.2) is 0 Å². The maximum atomic E-state index is 11.8. The van der Waals surface area contributed by atoms with Gasteiger partial charge < -0.3 is 11.1 Å². The summed E-state index contributed by atoms with van der Waals surface area (Å²) in [5.41, 5.74) is 6.45. The van der Waals surface area contributed by atoms with E-state index in [0.717, 1.165) is 4.90 Å². The molecule has 7 heteroatoms. The molecule has 2 atom stereocenters. The average Bonchev–Trinajstić information content (AvgIpc) is 3.15. The highest BCUT2D eigenvalue weighted by Gasteiger charge is 2.59. The fourth-order valence-corrected chi connectivity index (χ4v) is 2.49. The van der Waals surface area contributed by atoms with Crippen molar-refractivity contribution in [3.8, 4) is 0 Å². The molecule has 104 valence electrons. The second-order valence-corrected chi connectivity index (χ2v) is 5.40. The lowest BCUT2D eigenvalue weighted by atomic mass is 10.3. The summed E-state index contributed by atoms with van der Waals surface area (Å²) in [5, 5.41) is 2.98. The summed E-state index contributed by atoms with van der Waals surface area (Å²) in [6, 6.07) is 4.68. The lowest BCUT2D eigenvalue weighted by Gasteiger charge is -2.16. The van der Waals surface area contributed by atoms with Gasteiger partial charge in [0, 0.05) is 5.69 Å². The number of hydrogen-bond acceptors (Lipinski definition) is 4. The number of likely N-dealkylation sites (tertiary alicyclic amines) is 1. The Kier molecular flexibility index (Phi) is 2.90. The molecule has 3 rings (SSSR count). The molecule has 0 bridgehead atoms. The lowest BCUT2D eigenvalue weighted by molar-refractivity contribution is -0.143. The van der Waals surface area contributed by atoms with Crippen molar-refractivity contribution in [3.63, 3.8) is 0 Å². The van der Waals surface area contributed by atoms with E-state index in [1.54, 1.807) is 12.1 Å². The standard InChI is InChI=1S/C13H12ClN3O3/c14-9-2-1-6(3-10(9)15)16-11(18)5-17-12(19)7-4-8(7)13(17)20/h1-3,7-8H,4-5,15H2,(H,16,18).